The molecule has 1 fully saturated rings. The first-order chi connectivity index (χ1) is 12.1. The number of carbonyl (C=O) groups is 1. The van der Waals surface area contributed by atoms with E-state index in [0.717, 1.165) is 0 Å². The van der Waals surface area contributed by atoms with Crippen LogP contribution in [-0.4, -0.2) is 47.3 Å². The van der Waals surface area contributed by atoms with Crippen LogP contribution in [0.15, 0.2) is 29.1 Å². The van der Waals surface area contributed by atoms with Crippen molar-refractivity contribution in [1.29, 1.82) is 0 Å². The summed E-state index contributed by atoms with van der Waals surface area (Å²) in [5.74, 6) is 1.52. The highest BCUT2D eigenvalue weighted by atomic mass is 16.7. The number of amides is 1. The first kappa shape index (κ1) is 15.6. The van der Waals surface area contributed by atoms with Gasteiger partial charge in [0.25, 0.3) is 11.5 Å². The molecule has 130 valence electrons. The van der Waals surface area contributed by atoms with Crippen LogP contribution in [0.3, 0.4) is 0 Å². The number of H-pyrrole nitrogens is 1. The highest BCUT2D eigenvalue weighted by Crippen LogP contribution is 2.33. The second-order valence-corrected chi connectivity index (χ2v) is 5.95. The molecule has 8 heteroatoms. The fourth-order valence-electron chi connectivity index (χ4n) is 2.97. The Morgan fingerprint density at radius 1 is 1.28 bits per heavy atom. The molecule has 0 spiro atoms. The number of aromatic nitrogens is 2. The number of nitrogens with one attached hydrogen (secondary N) is 1. The number of carbonyl (C=O) groups excluding carboxylic acids is 1. The van der Waals surface area contributed by atoms with Gasteiger partial charge in [-0.15, -0.1) is 0 Å². The standard InChI is InChI=1S/C17H17N3O5/c1-10-6-15(21)19-16(18-10)14-8-20(4-5-23-14)17(22)11-2-3-12-13(7-11)25-9-24-12/h2-3,6-7,14H,4-5,8-9H2,1H3,(H,18,19,21)/t14-/m1/s1. The van der Waals surface area contributed by atoms with Crippen molar-refractivity contribution in [2.75, 3.05) is 26.5 Å². The van der Waals surface area contributed by atoms with Gasteiger partial charge >= 0.3 is 0 Å². The summed E-state index contributed by atoms with van der Waals surface area (Å²) in [4.78, 5) is 33.1. The highest BCUT2D eigenvalue weighted by Gasteiger charge is 2.28. The lowest BCUT2D eigenvalue weighted by atomic mass is 10.1. The van der Waals surface area contributed by atoms with Crippen LogP contribution in [0.1, 0.15) is 28.0 Å². The summed E-state index contributed by atoms with van der Waals surface area (Å²) in [6.07, 6.45) is -0.459. The van der Waals surface area contributed by atoms with Gasteiger partial charge in [-0.25, -0.2) is 4.98 Å². The number of aromatic amines is 1. The molecular formula is C17H17N3O5. The van der Waals surface area contributed by atoms with Gasteiger partial charge in [-0.3, -0.25) is 9.59 Å². The molecule has 1 aromatic heterocycles. The third kappa shape index (κ3) is 3.08. The Balaban J connectivity index is 1.54. The van der Waals surface area contributed by atoms with Gasteiger partial charge in [0.1, 0.15) is 11.9 Å². The van der Waals surface area contributed by atoms with Gasteiger partial charge in [0.2, 0.25) is 6.79 Å². The number of hydrogen-bond donors (Lipinski definition) is 1. The fourth-order valence-corrected chi connectivity index (χ4v) is 2.97. The van der Waals surface area contributed by atoms with Crippen LogP contribution in [0.4, 0.5) is 0 Å². The second-order valence-electron chi connectivity index (χ2n) is 5.95. The summed E-state index contributed by atoms with van der Waals surface area (Å²) in [5, 5.41) is 0. The SMILES string of the molecule is Cc1cc(=O)[nH]c([C@H]2CN(C(=O)c3ccc4c(c3)OCO4)CCO2)n1. The normalized spacial score (nSPS) is 19.1. The molecule has 1 saturated heterocycles. The van der Waals surface area contributed by atoms with Gasteiger partial charge < -0.3 is 24.1 Å². The summed E-state index contributed by atoms with van der Waals surface area (Å²) >= 11 is 0. The molecule has 1 amide bonds. The molecule has 25 heavy (non-hydrogen) atoms. The number of benzene rings is 1. The first-order valence-electron chi connectivity index (χ1n) is 7.98. The summed E-state index contributed by atoms with van der Waals surface area (Å²) in [7, 11) is 0. The van der Waals surface area contributed by atoms with Crippen molar-refractivity contribution < 1.29 is 19.0 Å². The topological polar surface area (TPSA) is 93.8 Å². The minimum Gasteiger partial charge on any atom is -0.454 e. The Kier molecular flexibility index (Phi) is 3.89. The van der Waals surface area contributed by atoms with Gasteiger partial charge in [-0.05, 0) is 25.1 Å². The number of fused-ring (bicyclic) bond motifs is 1. The second kappa shape index (κ2) is 6.21. The van der Waals surface area contributed by atoms with Gasteiger partial charge in [0.15, 0.2) is 11.5 Å². The molecule has 0 aliphatic carbocycles. The number of aryl methyl sites for hydroxylation is 1. The molecule has 2 aliphatic rings. The average molecular weight is 343 g/mol. The number of rotatable bonds is 2. The summed E-state index contributed by atoms with van der Waals surface area (Å²) in [6, 6.07) is 6.55. The molecule has 1 atom stereocenters. The highest BCUT2D eigenvalue weighted by molar-refractivity contribution is 5.95. The summed E-state index contributed by atoms with van der Waals surface area (Å²) in [5.41, 5.74) is 0.905. The molecule has 8 nitrogen and oxygen atoms in total. The van der Waals surface area contributed by atoms with Crippen molar-refractivity contribution in [3.63, 3.8) is 0 Å². The van der Waals surface area contributed by atoms with Crippen LogP contribution in [0, 0.1) is 6.92 Å². The molecule has 3 heterocycles. The molecule has 2 aromatic rings. The monoisotopic (exact) mass is 343 g/mol. The quantitative estimate of drug-likeness (QED) is 0.875. The molecule has 1 N–H and O–H groups in total. The van der Waals surface area contributed by atoms with E-state index in [0.29, 0.717) is 48.3 Å². The van der Waals surface area contributed by atoms with E-state index in [1.54, 1.807) is 30.0 Å². The zero-order chi connectivity index (χ0) is 17.4. The van der Waals surface area contributed by atoms with E-state index >= 15 is 0 Å². The third-order valence-electron chi connectivity index (χ3n) is 4.17. The zero-order valence-electron chi connectivity index (χ0n) is 13.7. The van der Waals surface area contributed by atoms with E-state index in [2.05, 4.69) is 9.97 Å². The number of morpholine rings is 1. The largest absolute Gasteiger partial charge is 0.454 e. The van der Waals surface area contributed by atoms with Crippen LogP contribution in [0.25, 0.3) is 0 Å². The molecule has 0 bridgehead atoms. The lowest BCUT2D eigenvalue weighted by Crippen LogP contribution is -2.43. The van der Waals surface area contributed by atoms with Crippen molar-refractivity contribution in [2.45, 2.75) is 13.0 Å². The van der Waals surface area contributed by atoms with Crippen molar-refractivity contribution >= 4 is 5.91 Å². The van der Waals surface area contributed by atoms with Crippen molar-refractivity contribution in [3.05, 3.63) is 51.7 Å². The third-order valence-corrected chi connectivity index (χ3v) is 4.17. The lowest BCUT2D eigenvalue weighted by molar-refractivity contribution is -0.0269. The minimum absolute atomic E-state index is 0.124. The van der Waals surface area contributed by atoms with Crippen LogP contribution in [0.5, 0.6) is 11.5 Å². The Labute approximate surface area is 143 Å². The molecule has 0 saturated carbocycles. The fraction of sp³-hybridized carbons (Fsp3) is 0.353. The van der Waals surface area contributed by atoms with Crippen molar-refractivity contribution in [3.8, 4) is 11.5 Å². The average Bonchev–Trinajstić information content (AvgIpc) is 3.08. The maximum absolute atomic E-state index is 12.8. The van der Waals surface area contributed by atoms with Gasteiger partial charge in [0.05, 0.1) is 13.2 Å². The maximum atomic E-state index is 12.8. The van der Waals surface area contributed by atoms with Crippen molar-refractivity contribution in [2.24, 2.45) is 0 Å². The van der Waals surface area contributed by atoms with Gasteiger partial charge in [0, 0.05) is 23.9 Å². The van der Waals surface area contributed by atoms with Crippen LogP contribution < -0.4 is 15.0 Å². The molecule has 4 rings (SSSR count). The van der Waals surface area contributed by atoms with E-state index in [1.165, 1.54) is 6.07 Å². The zero-order valence-corrected chi connectivity index (χ0v) is 13.7. The minimum atomic E-state index is -0.459. The Bertz CT molecular complexity index is 879. The Morgan fingerprint density at radius 3 is 2.96 bits per heavy atom. The van der Waals surface area contributed by atoms with Crippen LogP contribution >= 0.6 is 0 Å². The van der Waals surface area contributed by atoms with Gasteiger partial charge in [-0.1, -0.05) is 0 Å². The van der Waals surface area contributed by atoms with E-state index < -0.39 is 6.10 Å². The maximum Gasteiger partial charge on any atom is 0.254 e. The smallest absolute Gasteiger partial charge is 0.254 e. The molecule has 0 unspecified atom stereocenters. The number of ether oxygens (including phenoxy) is 3. The molecule has 0 radical (unpaired) electrons. The van der Waals surface area contributed by atoms with E-state index in [1.807, 2.05) is 0 Å². The summed E-state index contributed by atoms with van der Waals surface area (Å²) < 4.78 is 16.3. The molecule has 1 aromatic carbocycles. The van der Waals surface area contributed by atoms with E-state index in [4.69, 9.17) is 14.2 Å². The van der Waals surface area contributed by atoms with E-state index in [-0.39, 0.29) is 18.3 Å². The Hall–Kier alpha value is -2.87. The predicted molar refractivity (Wildman–Crippen MR) is 86.8 cm³/mol. The molecular weight excluding hydrogens is 326 g/mol. The Morgan fingerprint density at radius 2 is 2.12 bits per heavy atom. The lowest BCUT2D eigenvalue weighted by Gasteiger charge is -2.32. The molecule has 2 aliphatic heterocycles. The van der Waals surface area contributed by atoms with Crippen LogP contribution in [0.2, 0.25) is 0 Å². The van der Waals surface area contributed by atoms with Crippen LogP contribution in [-0.2, 0) is 4.74 Å². The van der Waals surface area contributed by atoms with Gasteiger partial charge in [-0.2, -0.15) is 0 Å². The first-order valence-corrected chi connectivity index (χ1v) is 7.98. The van der Waals surface area contributed by atoms with Crippen molar-refractivity contribution in [1.82, 2.24) is 14.9 Å². The summed E-state index contributed by atoms with van der Waals surface area (Å²) in [6.45, 7) is 3.08. The number of hydrogen-bond acceptors (Lipinski definition) is 6. The predicted octanol–water partition coefficient (Wildman–Crippen LogP) is 1.02. The van der Waals surface area contributed by atoms with E-state index in [9.17, 15) is 9.59 Å². The number of nitrogens with zero attached hydrogens (tertiary/aromatic N) is 2.